The summed E-state index contributed by atoms with van der Waals surface area (Å²) >= 11 is 0. The summed E-state index contributed by atoms with van der Waals surface area (Å²) in [5, 5.41) is 2.85. The van der Waals surface area contributed by atoms with Gasteiger partial charge in [0.1, 0.15) is 0 Å². The van der Waals surface area contributed by atoms with Gasteiger partial charge in [-0.05, 0) is 32.0 Å². The topological polar surface area (TPSA) is 38.1 Å². The van der Waals surface area contributed by atoms with E-state index in [4.69, 9.17) is 0 Å². The molecule has 84 valence electrons. The zero-order valence-electron chi connectivity index (χ0n) is 9.77. The van der Waals surface area contributed by atoms with Gasteiger partial charge in [-0.2, -0.15) is 0 Å². The van der Waals surface area contributed by atoms with Crippen molar-refractivity contribution >= 4 is 11.0 Å². The van der Waals surface area contributed by atoms with E-state index >= 15 is 0 Å². The first kappa shape index (κ1) is 10.7. The molecular formula is C12H15N3O. The lowest BCUT2D eigenvalue weighted by atomic mass is 10.2. The van der Waals surface area contributed by atoms with E-state index in [1.165, 1.54) is 0 Å². The van der Waals surface area contributed by atoms with E-state index in [2.05, 4.69) is 4.98 Å². The van der Waals surface area contributed by atoms with Crippen molar-refractivity contribution in [2.75, 3.05) is 18.6 Å². The average Bonchev–Trinajstić information content (AvgIpc) is 2.30. The molecule has 2 aromatic rings. The van der Waals surface area contributed by atoms with Crippen LogP contribution in [0.25, 0.3) is 11.0 Å². The van der Waals surface area contributed by atoms with Crippen LogP contribution in [0.4, 0.5) is 0 Å². The second-order valence-corrected chi connectivity index (χ2v) is 3.83. The lowest BCUT2D eigenvalue weighted by Crippen LogP contribution is -2.40. The lowest BCUT2D eigenvalue weighted by molar-refractivity contribution is 0.661. The van der Waals surface area contributed by atoms with Crippen LogP contribution >= 0.6 is 0 Å². The molecule has 0 aromatic carbocycles. The van der Waals surface area contributed by atoms with Crippen molar-refractivity contribution < 1.29 is 0 Å². The van der Waals surface area contributed by atoms with Crippen LogP contribution in [0, 0.1) is 6.92 Å². The van der Waals surface area contributed by atoms with Crippen LogP contribution in [0.1, 0.15) is 12.5 Å². The Morgan fingerprint density at radius 1 is 1.50 bits per heavy atom. The highest BCUT2D eigenvalue weighted by Gasteiger charge is 2.09. The van der Waals surface area contributed by atoms with Gasteiger partial charge >= 0.3 is 0 Å². The molecule has 0 bridgehead atoms. The number of hydrogen-bond acceptors (Lipinski definition) is 3. The molecule has 0 aliphatic carbocycles. The molecule has 0 radical (unpaired) electrons. The molecule has 0 N–H and O–H groups in total. The SMILES string of the molecule is CCN(C)n1c(=O)c(C)cc2cccnc21. The number of aryl methyl sites for hydroxylation is 1. The Labute approximate surface area is 94.1 Å². The summed E-state index contributed by atoms with van der Waals surface area (Å²) in [5.41, 5.74) is 1.44. The predicted molar refractivity (Wildman–Crippen MR) is 65.4 cm³/mol. The van der Waals surface area contributed by atoms with Crippen LogP contribution in [-0.4, -0.2) is 23.3 Å². The third kappa shape index (κ3) is 1.56. The molecule has 2 rings (SSSR count). The average molecular weight is 217 g/mol. The van der Waals surface area contributed by atoms with Crippen LogP contribution in [0.5, 0.6) is 0 Å². The van der Waals surface area contributed by atoms with Gasteiger partial charge in [-0.25, -0.2) is 9.66 Å². The quantitative estimate of drug-likeness (QED) is 0.761. The maximum Gasteiger partial charge on any atom is 0.273 e. The molecule has 0 saturated carbocycles. The minimum Gasteiger partial charge on any atom is -0.311 e. The van der Waals surface area contributed by atoms with E-state index < -0.39 is 0 Å². The Morgan fingerprint density at radius 3 is 2.94 bits per heavy atom. The molecule has 0 atom stereocenters. The highest BCUT2D eigenvalue weighted by atomic mass is 16.1. The molecule has 4 nitrogen and oxygen atoms in total. The predicted octanol–water partition coefficient (Wildman–Crippen LogP) is 1.29. The maximum absolute atomic E-state index is 12.1. The van der Waals surface area contributed by atoms with Crippen LogP contribution in [0.15, 0.2) is 29.2 Å². The molecule has 4 heteroatoms. The van der Waals surface area contributed by atoms with E-state index in [0.717, 1.165) is 17.5 Å². The van der Waals surface area contributed by atoms with Crippen LogP contribution < -0.4 is 10.6 Å². The summed E-state index contributed by atoms with van der Waals surface area (Å²) in [6, 6.07) is 5.72. The van der Waals surface area contributed by atoms with Gasteiger partial charge < -0.3 is 5.01 Å². The van der Waals surface area contributed by atoms with E-state index in [9.17, 15) is 4.79 Å². The van der Waals surface area contributed by atoms with E-state index in [1.807, 2.05) is 44.1 Å². The second kappa shape index (κ2) is 3.96. The number of fused-ring (bicyclic) bond motifs is 1. The fourth-order valence-corrected chi connectivity index (χ4v) is 1.72. The smallest absolute Gasteiger partial charge is 0.273 e. The molecule has 0 spiro atoms. The molecule has 0 unspecified atom stereocenters. The molecule has 2 aromatic heterocycles. The highest BCUT2D eigenvalue weighted by molar-refractivity contribution is 5.75. The zero-order chi connectivity index (χ0) is 11.7. The number of pyridine rings is 2. The largest absolute Gasteiger partial charge is 0.311 e. The summed E-state index contributed by atoms with van der Waals surface area (Å²) in [5.74, 6) is 0. The molecule has 2 heterocycles. The number of rotatable bonds is 2. The molecule has 0 amide bonds. The van der Waals surface area contributed by atoms with E-state index in [0.29, 0.717) is 5.65 Å². The van der Waals surface area contributed by atoms with Gasteiger partial charge in [-0.1, -0.05) is 0 Å². The van der Waals surface area contributed by atoms with Crippen molar-refractivity contribution in [1.82, 2.24) is 9.66 Å². The Bertz CT molecular complexity index is 574. The Morgan fingerprint density at radius 2 is 2.25 bits per heavy atom. The summed E-state index contributed by atoms with van der Waals surface area (Å²) in [4.78, 5) is 16.3. The lowest BCUT2D eigenvalue weighted by Gasteiger charge is -2.21. The van der Waals surface area contributed by atoms with Crippen LogP contribution in [0.2, 0.25) is 0 Å². The first-order valence-electron chi connectivity index (χ1n) is 5.34. The van der Waals surface area contributed by atoms with Gasteiger partial charge in [0.2, 0.25) is 0 Å². The van der Waals surface area contributed by atoms with Gasteiger partial charge in [-0.3, -0.25) is 4.79 Å². The van der Waals surface area contributed by atoms with Crippen molar-refractivity contribution in [2.24, 2.45) is 0 Å². The second-order valence-electron chi connectivity index (χ2n) is 3.83. The maximum atomic E-state index is 12.1. The Kier molecular flexibility index (Phi) is 2.64. The fraction of sp³-hybridized carbons (Fsp3) is 0.333. The summed E-state index contributed by atoms with van der Waals surface area (Å²) in [7, 11) is 1.88. The summed E-state index contributed by atoms with van der Waals surface area (Å²) in [6.07, 6.45) is 1.71. The van der Waals surface area contributed by atoms with Crippen LogP contribution in [-0.2, 0) is 0 Å². The molecule has 0 aliphatic rings. The Hall–Kier alpha value is -1.84. The van der Waals surface area contributed by atoms with Crippen molar-refractivity contribution in [3.63, 3.8) is 0 Å². The minimum atomic E-state index is -0.00412. The standard InChI is InChI=1S/C12H15N3O/c1-4-14(3)15-11-10(6-5-7-13-11)8-9(2)12(15)16/h5-8H,4H2,1-3H3. The van der Waals surface area contributed by atoms with E-state index in [1.54, 1.807) is 10.9 Å². The fourth-order valence-electron chi connectivity index (χ4n) is 1.72. The third-order valence-corrected chi connectivity index (χ3v) is 2.72. The van der Waals surface area contributed by atoms with Gasteiger partial charge in [0.25, 0.3) is 5.56 Å². The molecule has 0 fully saturated rings. The number of aromatic nitrogens is 2. The zero-order valence-corrected chi connectivity index (χ0v) is 9.77. The first-order valence-corrected chi connectivity index (χ1v) is 5.34. The number of hydrogen-bond donors (Lipinski definition) is 0. The summed E-state index contributed by atoms with van der Waals surface area (Å²) in [6.45, 7) is 4.59. The van der Waals surface area contributed by atoms with Gasteiger partial charge in [-0.15, -0.1) is 0 Å². The monoisotopic (exact) mass is 217 g/mol. The van der Waals surface area contributed by atoms with Gasteiger partial charge in [0, 0.05) is 30.7 Å². The summed E-state index contributed by atoms with van der Waals surface area (Å²) < 4.78 is 1.63. The van der Waals surface area contributed by atoms with Gasteiger partial charge in [0.15, 0.2) is 5.65 Å². The van der Waals surface area contributed by atoms with Crippen molar-refractivity contribution in [2.45, 2.75) is 13.8 Å². The van der Waals surface area contributed by atoms with E-state index in [-0.39, 0.29) is 5.56 Å². The van der Waals surface area contributed by atoms with Gasteiger partial charge in [0.05, 0.1) is 0 Å². The normalized spacial score (nSPS) is 10.7. The number of nitrogens with zero attached hydrogens (tertiary/aromatic N) is 3. The Balaban J connectivity index is 2.87. The van der Waals surface area contributed by atoms with Crippen molar-refractivity contribution in [3.8, 4) is 0 Å². The molecule has 0 aliphatic heterocycles. The minimum absolute atomic E-state index is 0.00412. The highest BCUT2D eigenvalue weighted by Crippen LogP contribution is 2.09. The molecular weight excluding hydrogens is 202 g/mol. The molecule has 0 saturated heterocycles. The van der Waals surface area contributed by atoms with Crippen molar-refractivity contribution in [3.05, 3.63) is 40.3 Å². The molecule has 16 heavy (non-hydrogen) atoms. The van der Waals surface area contributed by atoms with Crippen molar-refractivity contribution in [1.29, 1.82) is 0 Å². The van der Waals surface area contributed by atoms with Crippen LogP contribution in [0.3, 0.4) is 0 Å². The third-order valence-electron chi connectivity index (χ3n) is 2.72. The first-order chi connectivity index (χ1) is 7.65.